The van der Waals surface area contributed by atoms with Gasteiger partial charge in [0.15, 0.2) is 0 Å². The van der Waals surface area contributed by atoms with Gasteiger partial charge in [-0.3, -0.25) is 19.6 Å². The average Bonchev–Trinajstić information content (AvgIpc) is 2.70. The number of rotatable bonds is 1. The zero-order valence-electron chi connectivity index (χ0n) is 30.0. The van der Waals surface area contributed by atoms with Crippen molar-refractivity contribution >= 4 is 0 Å². The summed E-state index contributed by atoms with van der Waals surface area (Å²) in [6.45, 7) is 42.0. The third-order valence-corrected chi connectivity index (χ3v) is 8.86. The van der Waals surface area contributed by atoms with E-state index < -0.39 is 0 Å². The Labute approximate surface area is 252 Å². The van der Waals surface area contributed by atoms with Gasteiger partial charge in [0.1, 0.15) is 0 Å². The molecule has 240 valence electrons. The molecule has 4 saturated heterocycles. The molecule has 0 radical (unpaired) electrons. The van der Waals surface area contributed by atoms with Gasteiger partial charge in [-0.1, -0.05) is 0 Å². The highest BCUT2D eigenvalue weighted by Crippen LogP contribution is 2.23. The van der Waals surface area contributed by atoms with Gasteiger partial charge in [0, 0.05) is 93.6 Å². The van der Waals surface area contributed by atoms with Crippen LogP contribution in [0.25, 0.3) is 0 Å². The highest BCUT2D eigenvalue weighted by atomic mass is 15.3. The van der Waals surface area contributed by atoms with Crippen LogP contribution in [-0.4, -0.2) is 157 Å². The number of nitrogens with one attached hydrogen (secondary N) is 1. The molecule has 0 atom stereocenters. The van der Waals surface area contributed by atoms with E-state index in [0.29, 0.717) is 22.2 Å². The molecular weight excluding hydrogens is 494 g/mol. The second-order valence-corrected chi connectivity index (χ2v) is 16.6. The van der Waals surface area contributed by atoms with E-state index in [2.05, 4.69) is 139 Å². The predicted octanol–water partition coefficient (Wildman–Crippen LogP) is 4.24. The van der Waals surface area contributed by atoms with E-state index in [1.807, 2.05) is 0 Å². The number of likely N-dealkylation sites (N-methyl/N-ethyl adjacent to an activating group) is 2. The largest absolute Gasteiger partial charge is 0.314 e. The summed E-state index contributed by atoms with van der Waals surface area (Å²) in [7, 11) is 6.51. The molecule has 0 aromatic carbocycles. The molecular formula is C33H73N7. The zero-order valence-corrected chi connectivity index (χ0v) is 30.0. The van der Waals surface area contributed by atoms with Crippen molar-refractivity contribution in [2.45, 2.75) is 118 Å². The fourth-order valence-electron chi connectivity index (χ4n) is 5.13. The first-order valence-corrected chi connectivity index (χ1v) is 16.2. The van der Waals surface area contributed by atoms with Crippen molar-refractivity contribution < 1.29 is 0 Å². The Morgan fingerprint density at radius 2 is 0.850 bits per heavy atom. The van der Waals surface area contributed by atoms with Gasteiger partial charge in [-0.2, -0.15) is 0 Å². The van der Waals surface area contributed by atoms with Gasteiger partial charge in [0.05, 0.1) is 0 Å². The lowest BCUT2D eigenvalue weighted by molar-refractivity contribution is -0.00401. The van der Waals surface area contributed by atoms with Crippen LogP contribution in [0.4, 0.5) is 0 Å². The molecule has 4 rings (SSSR count). The third-order valence-electron chi connectivity index (χ3n) is 8.86. The van der Waals surface area contributed by atoms with Gasteiger partial charge in [-0.05, 0) is 124 Å². The van der Waals surface area contributed by atoms with Gasteiger partial charge in [0.2, 0.25) is 0 Å². The molecule has 7 heteroatoms. The summed E-state index contributed by atoms with van der Waals surface area (Å²) < 4.78 is 0. The van der Waals surface area contributed by atoms with Crippen molar-refractivity contribution in [3.05, 3.63) is 0 Å². The molecule has 0 saturated carbocycles. The van der Waals surface area contributed by atoms with E-state index >= 15 is 0 Å². The van der Waals surface area contributed by atoms with E-state index in [0.717, 1.165) is 19.1 Å². The topological polar surface area (TPSA) is 31.5 Å². The van der Waals surface area contributed by atoms with Crippen molar-refractivity contribution in [2.75, 3.05) is 99.7 Å². The Hall–Kier alpha value is -0.280. The Kier molecular flexibility index (Phi) is 15.1. The number of piperazine rings is 2. The van der Waals surface area contributed by atoms with Gasteiger partial charge in [-0.25, -0.2) is 0 Å². The molecule has 0 unspecified atom stereocenters. The summed E-state index contributed by atoms with van der Waals surface area (Å²) in [5.74, 6) is 0. The molecule has 0 aromatic heterocycles. The minimum Gasteiger partial charge on any atom is -0.314 e. The van der Waals surface area contributed by atoms with Crippen LogP contribution in [-0.2, 0) is 0 Å². The summed E-state index contributed by atoms with van der Waals surface area (Å²) >= 11 is 0. The highest BCUT2D eigenvalue weighted by molar-refractivity contribution is 4.92. The van der Waals surface area contributed by atoms with Crippen LogP contribution in [0.2, 0.25) is 0 Å². The van der Waals surface area contributed by atoms with E-state index in [-0.39, 0.29) is 0 Å². The molecule has 40 heavy (non-hydrogen) atoms. The lowest BCUT2D eigenvalue weighted by Crippen LogP contribution is -2.63. The van der Waals surface area contributed by atoms with Crippen molar-refractivity contribution in [3.8, 4) is 0 Å². The molecule has 0 bridgehead atoms. The average molecular weight is 568 g/mol. The van der Waals surface area contributed by atoms with Crippen LogP contribution >= 0.6 is 0 Å². The standard InChI is InChI=1S/2C9H20N2.C8H18N2.C7H15N/c1-9(2,3)11-6-8(7-11)10(4)5;1-9(2,3)11-7-5-10(4)6-8-11;1-8(2,3)10-6-4-9-5-7-10;1-7(2,3)8-5-4-6-8/h8H,6-7H2,1-5H3;5-8H2,1-4H3;9H,4-7H2,1-3H3;4-6H2,1-3H3. The molecule has 0 aromatic rings. The van der Waals surface area contributed by atoms with Gasteiger partial charge >= 0.3 is 0 Å². The number of hydrogen-bond acceptors (Lipinski definition) is 7. The molecule has 7 nitrogen and oxygen atoms in total. The molecule has 4 fully saturated rings. The molecule has 0 spiro atoms. The van der Waals surface area contributed by atoms with E-state index in [1.54, 1.807) is 0 Å². The monoisotopic (exact) mass is 568 g/mol. The number of likely N-dealkylation sites (tertiary alicyclic amines) is 2. The first-order chi connectivity index (χ1) is 18.1. The van der Waals surface area contributed by atoms with E-state index in [1.165, 1.54) is 71.9 Å². The van der Waals surface area contributed by atoms with Crippen molar-refractivity contribution in [2.24, 2.45) is 0 Å². The summed E-state index contributed by atoms with van der Waals surface area (Å²) in [5.41, 5.74) is 1.52. The maximum atomic E-state index is 3.35. The van der Waals surface area contributed by atoms with Gasteiger partial charge in [-0.15, -0.1) is 0 Å². The minimum atomic E-state index is 0.362. The lowest BCUT2D eigenvalue weighted by atomic mass is 9.97. The maximum absolute atomic E-state index is 3.35. The fourth-order valence-corrected chi connectivity index (χ4v) is 5.13. The van der Waals surface area contributed by atoms with Crippen LogP contribution < -0.4 is 5.32 Å². The van der Waals surface area contributed by atoms with Crippen LogP contribution in [0.3, 0.4) is 0 Å². The Morgan fingerprint density at radius 3 is 1.10 bits per heavy atom. The Morgan fingerprint density at radius 1 is 0.500 bits per heavy atom. The second-order valence-electron chi connectivity index (χ2n) is 16.6. The smallest absolute Gasteiger partial charge is 0.0344 e. The fraction of sp³-hybridized carbons (Fsp3) is 1.00. The molecule has 4 aliphatic heterocycles. The van der Waals surface area contributed by atoms with E-state index in [4.69, 9.17) is 0 Å². The van der Waals surface area contributed by atoms with Crippen LogP contribution in [0.1, 0.15) is 89.5 Å². The first kappa shape index (κ1) is 37.7. The number of hydrogen-bond donors (Lipinski definition) is 1. The van der Waals surface area contributed by atoms with Gasteiger partial charge in [0.25, 0.3) is 0 Å². The molecule has 0 aliphatic carbocycles. The highest BCUT2D eigenvalue weighted by Gasteiger charge is 2.35. The minimum absolute atomic E-state index is 0.362. The molecule has 1 N–H and O–H groups in total. The van der Waals surface area contributed by atoms with Crippen molar-refractivity contribution in [3.63, 3.8) is 0 Å². The Balaban J connectivity index is 0.000000268. The third kappa shape index (κ3) is 14.3. The van der Waals surface area contributed by atoms with Gasteiger partial charge < -0.3 is 15.1 Å². The predicted molar refractivity (Wildman–Crippen MR) is 178 cm³/mol. The lowest BCUT2D eigenvalue weighted by Gasteiger charge is -2.49. The molecule has 0 amide bonds. The quantitative estimate of drug-likeness (QED) is 0.507. The normalized spacial score (nSPS) is 23.1. The summed E-state index contributed by atoms with van der Waals surface area (Å²) in [6, 6.07) is 0.786. The first-order valence-electron chi connectivity index (χ1n) is 16.2. The zero-order chi connectivity index (χ0) is 30.9. The number of nitrogens with zero attached hydrogens (tertiary/aromatic N) is 6. The SMILES string of the molecule is CC(C)(C)N1CCC1.CC(C)(C)N1CCNCC1.CN(C)C1CN(C(C)(C)C)C1.CN1CCN(C(C)(C)C)CC1. The summed E-state index contributed by atoms with van der Waals surface area (Å²) in [6.07, 6.45) is 1.40. The summed E-state index contributed by atoms with van der Waals surface area (Å²) in [4.78, 5) is 14.8. The molecule has 4 aliphatic rings. The van der Waals surface area contributed by atoms with Crippen LogP contribution in [0, 0.1) is 0 Å². The van der Waals surface area contributed by atoms with Crippen molar-refractivity contribution in [1.29, 1.82) is 0 Å². The maximum Gasteiger partial charge on any atom is 0.0344 e. The summed E-state index contributed by atoms with van der Waals surface area (Å²) in [5, 5.41) is 3.35. The second kappa shape index (κ2) is 16.0. The van der Waals surface area contributed by atoms with E-state index in [9.17, 15) is 0 Å². The Bertz CT molecular complexity index is 657. The van der Waals surface area contributed by atoms with Crippen LogP contribution in [0.5, 0.6) is 0 Å². The van der Waals surface area contributed by atoms with Crippen molar-refractivity contribution in [1.82, 2.24) is 34.7 Å². The molecule has 4 heterocycles. The van der Waals surface area contributed by atoms with Crippen LogP contribution in [0.15, 0.2) is 0 Å².